The van der Waals surface area contributed by atoms with E-state index in [0.29, 0.717) is 17.6 Å². The monoisotopic (exact) mass is 286 g/mol. The molecule has 21 heavy (non-hydrogen) atoms. The van der Waals surface area contributed by atoms with Crippen LogP contribution in [-0.4, -0.2) is 21.2 Å². The second-order valence-electron chi connectivity index (χ2n) is 6.10. The lowest BCUT2D eigenvalue weighted by Crippen LogP contribution is -2.34. The van der Waals surface area contributed by atoms with E-state index in [9.17, 15) is 0 Å². The lowest BCUT2D eigenvalue weighted by Gasteiger charge is -2.27. The highest BCUT2D eigenvalue weighted by Gasteiger charge is 2.24. The first-order valence-corrected chi connectivity index (χ1v) is 7.65. The van der Waals surface area contributed by atoms with Crippen molar-refractivity contribution in [2.24, 2.45) is 11.7 Å². The lowest BCUT2D eigenvalue weighted by atomic mass is 9.83. The largest absolute Gasteiger partial charge is 0.339 e. The van der Waals surface area contributed by atoms with Gasteiger partial charge < -0.3 is 10.3 Å². The summed E-state index contributed by atoms with van der Waals surface area (Å²) < 4.78 is 5.40. The number of hydrogen-bond acceptors (Lipinski definition) is 5. The molecular formula is C16H22N4O. The summed E-state index contributed by atoms with van der Waals surface area (Å²) in [4.78, 5) is 8.92. The maximum atomic E-state index is 6.18. The maximum Gasteiger partial charge on any atom is 0.227 e. The molecule has 2 aromatic heterocycles. The average Bonchev–Trinajstić information content (AvgIpc) is 2.90. The fourth-order valence-corrected chi connectivity index (χ4v) is 3.10. The summed E-state index contributed by atoms with van der Waals surface area (Å²) in [5.74, 6) is 1.71. The van der Waals surface area contributed by atoms with Crippen LogP contribution in [0, 0.1) is 19.8 Å². The first kappa shape index (κ1) is 14.2. The van der Waals surface area contributed by atoms with E-state index in [-0.39, 0.29) is 6.04 Å². The van der Waals surface area contributed by atoms with Crippen LogP contribution in [0.15, 0.2) is 16.8 Å². The van der Waals surface area contributed by atoms with Gasteiger partial charge in [-0.1, -0.05) is 24.1 Å². The average molecular weight is 286 g/mol. The van der Waals surface area contributed by atoms with Crippen molar-refractivity contribution in [3.8, 4) is 11.5 Å². The summed E-state index contributed by atoms with van der Waals surface area (Å²) in [7, 11) is 0. The van der Waals surface area contributed by atoms with Crippen molar-refractivity contribution in [2.75, 3.05) is 0 Å². The Bertz CT molecular complexity index is 622. The molecule has 2 aromatic rings. The fourth-order valence-electron chi connectivity index (χ4n) is 3.10. The van der Waals surface area contributed by atoms with Crippen molar-refractivity contribution < 1.29 is 4.52 Å². The Morgan fingerprint density at radius 2 is 2.10 bits per heavy atom. The molecule has 0 bridgehead atoms. The van der Waals surface area contributed by atoms with Gasteiger partial charge in [-0.2, -0.15) is 4.98 Å². The first-order valence-electron chi connectivity index (χ1n) is 7.65. The third-order valence-corrected chi connectivity index (χ3v) is 4.30. The normalized spacial score (nSPS) is 22.4. The summed E-state index contributed by atoms with van der Waals surface area (Å²) in [6.45, 7) is 4.04. The topological polar surface area (TPSA) is 77.8 Å². The van der Waals surface area contributed by atoms with Gasteiger partial charge in [0.1, 0.15) is 5.69 Å². The molecule has 1 fully saturated rings. The van der Waals surface area contributed by atoms with Gasteiger partial charge in [-0.25, -0.2) is 0 Å². The minimum absolute atomic E-state index is 0.258. The van der Waals surface area contributed by atoms with Crippen LogP contribution < -0.4 is 5.73 Å². The Labute approximate surface area is 125 Å². The molecule has 0 saturated heterocycles. The van der Waals surface area contributed by atoms with E-state index >= 15 is 0 Å². The quantitative estimate of drug-likeness (QED) is 0.938. The van der Waals surface area contributed by atoms with E-state index in [2.05, 4.69) is 21.2 Å². The molecule has 2 atom stereocenters. The van der Waals surface area contributed by atoms with Crippen LogP contribution in [-0.2, 0) is 6.42 Å². The van der Waals surface area contributed by atoms with E-state index in [1.54, 1.807) is 0 Å². The van der Waals surface area contributed by atoms with Gasteiger partial charge in [0.2, 0.25) is 11.7 Å². The number of nitrogens with zero attached hydrogens (tertiary/aromatic N) is 3. The number of nitrogens with two attached hydrogens (primary N) is 1. The zero-order chi connectivity index (χ0) is 14.8. The van der Waals surface area contributed by atoms with E-state index in [4.69, 9.17) is 10.3 Å². The van der Waals surface area contributed by atoms with Crippen molar-refractivity contribution in [3.63, 3.8) is 0 Å². The highest BCUT2D eigenvalue weighted by Crippen LogP contribution is 2.26. The summed E-state index contributed by atoms with van der Waals surface area (Å²) >= 11 is 0. The lowest BCUT2D eigenvalue weighted by molar-refractivity contribution is 0.273. The highest BCUT2D eigenvalue weighted by atomic mass is 16.5. The standard InChI is InChI=1S/C16H22N4O/c1-10-7-11(2)15(18-9-10)16-19-14(21-20-16)8-12-5-3-4-6-13(12)17/h7,9,12-13H,3-6,8,17H2,1-2H3. The third-order valence-electron chi connectivity index (χ3n) is 4.30. The Kier molecular flexibility index (Phi) is 4.01. The van der Waals surface area contributed by atoms with Crippen molar-refractivity contribution in [2.45, 2.75) is 52.0 Å². The molecule has 2 heterocycles. The second-order valence-corrected chi connectivity index (χ2v) is 6.10. The molecule has 1 aliphatic carbocycles. The molecule has 0 radical (unpaired) electrons. The highest BCUT2D eigenvalue weighted by molar-refractivity contribution is 5.53. The number of aromatic nitrogens is 3. The Balaban J connectivity index is 1.76. The maximum absolute atomic E-state index is 6.18. The number of aryl methyl sites for hydroxylation is 2. The summed E-state index contributed by atoms with van der Waals surface area (Å²) in [5, 5.41) is 4.08. The van der Waals surface area contributed by atoms with Gasteiger partial charge in [0.15, 0.2) is 0 Å². The third kappa shape index (κ3) is 3.13. The number of pyridine rings is 1. The van der Waals surface area contributed by atoms with E-state index < -0.39 is 0 Å². The molecule has 0 spiro atoms. The zero-order valence-electron chi connectivity index (χ0n) is 12.7. The van der Waals surface area contributed by atoms with Crippen molar-refractivity contribution in [3.05, 3.63) is 29.3 Å². The molecule has 1 aliphatic rings. The molecule has 5 nitrogen and oxygen atoms in total. The van der Waals surface area contributed by atoms with Crippen molar-refractivity contribution in [1.29, 1.82) is 0 Å². The molecule has 0 amide bonds. The molecule has 3 rings (SSSR count). The van der Waals surface area contributed by atoms with Crippen LogP contribution in [0.5, 0.6) is 0 Å². The van der Waals surface area contributed by atoms with E-state index in [1.165, 1.54) is 12.8 Å². The molecular weight excluding hydrogens is 264 g/mol. The van der Waals surface area contributed by atoms with Crippen LogP contribution in [0.2, 0.25) is 0 Å². The molecule has 0 aromatic carbocycles. The van der Waals surface area contributed by atoms with Gasteiger partial charge in [0, 0.05) is 18.7 Å². The first-order chi connectivity index (χ1) is 10.1. The van der Waals surface area contributed by atoms with Crippen LogP contribution >= 0.6 is 0 Å². The van der Waals surface area contributed by atoms with Gasteiger partial charge in [0.25, 0.3) is 0 Å². The Morgan fingerprint density at radius 1 is 1.29 bits per heavy atom. The number of rotatable bonds is 3. The van der Waals surface area contributed by atoms with E-state index in [0.717, 1.165) is 36.1 Å². The van der Waals surface area contributed by atoms with E-state index in [1.807, 2.05) is 20.0 Å². The number of hydrogen-bond donors (Lipinski definition) is 1. The SMILES string of the molecule is Cc1cnc(-c2noc(CC3CCCCC3N)n2)c(C)c1. The van der Waals surface area contributed by atoms with Gasteiger partial charge in [-0.05, 0) is 43.7 Å². The molecule has 0 aliphatic heterocycles. The molecule has 5 heteroatoms. The molecule has 2 unspecified atom stereocenters. The second kappa shape index (κ2) is 5.93. The van der Waals surface area contributed by atoms with Gasteiger partial charge in [-0.3, -0.25) is 4.98 Å². The van der Waals surface area contributed by atoms with Crippen molar-refractivity contribution in [1.82, 2.24) is 15.1 Å². The predicted molar refractivity (Wildman–Crippen MR) is 80.6 cm³/mol. The van der Waals surface area contributed by atoms with Crippen LogP contribution in [0.3, 0.4) is 0 Å². The molecule has 1 saturated carbocycles. The van der Waals surface area contributed by atoms with Gasteiger partial charge >= 0.3 is 0 Å². The summed E-state index contributed by atoms with van der Waals surface area (Å²) in [5.41, 5.74) is 9.18. The Hall–Kier alpha value is -1.75. The minimum Gasteiger partial charge on any atom is -0.339 e. The van der Waals surface area contributed by atoms with Crippen molar-refractivity contribution >= 4 is 0 Å². The Morgan fingerprint density at radius 3 is 2.86 bits per heavy atom. The minimum atomic E-state index is 0.258. The molecule has 112 valence electrons. The van der Waals surface area contributed by atoms with Gasteiger partial charge in [-0.15, -0.1) is 0 Å². The molecule has 2 N–H and O–H groups in total. The smallest absolute Gasteiger partial charge is 0.227 e. The zero-order valence-corrected chi connectivity index (χ0v) is 12.7. The summed E-state index contributed by atoms with van der Waals surface area (Å²) in [6.07, 6.45) is 7.34. The summed E-state index contributed by atoms with van der Waals surface area (Å²) in [6, 6.07) is 2.34. The fraction of sp³-hybridized carbons (Fsp3) is 0.562. The predicted octanol–water partition coefficient (Wildman–Crippen LogP) is 2.81. The van der Waals surface area contributed by atoms with Crippen LogP contribution in [0.25, 0.3) is 11.5 Å². The van der Waals surface area contributed by atoms with Crippen LogP contribution in [0.1, 0.15) is 42.7 Å². The van der Waals surface area contributed by atoms with Gasteiger partial charge in [0.05, 0.1) is 0 Å². The van der Waals surface area contributed by atoms with Crippen LogP contribution in [0.4, 0.5) is 0 Å².